The molecule has 154 valence electrons. The van der Waals surface area contributed by atoms with Crippen LogP contribution in [0.3, 0.4) is 0 Å². The van der Waals surface area contributed by atoms with Gasteiger partial charge in [-0.1, -0.05) is 11.6 Å². The maximum atomic E-state index is 12.2. The molecule has 2 rings (SSSR count). The lowest BCUT2D eigenvalue weighted by Gasteiger charge is -2.12. The van der Waals surface area contributed by atoms with Crippen LogP contribution in [-0.4, -0.2) is 43.9 Å². The number of hydrogen-bond donors (Lipinski definition) is 1. The number of amides is 2. The predicted molar refractivity (Wildman–Crippen MR) is 118 cm³/mol. The molecule has 2 aromatic carbocycles. The van der Waals surface area contributed by atoms with E-state index in [1.54, 1.807) is 56.6 Å². The van der Waals surface area contributed by atoms with Gasteiger partial charge in [-0.15, -0.1) is 0 Å². The molecule has 0 unspecified atom stereocenters. The van der Waals surface area contributed by atoms with Crippen LogP contribution in [0.5, 0.6) is 11.5 Å². The number of methoxy groups -OCH3 is 1. The first-order chi connectivity index (χ1) is 13.8. The van der Waals surface area contributed by atoms with Crippen LogP contribution in [0, 0.1) is 0 Å². The summed E-state index contributed by atoms with van der Waals surface area (Å²) in [6, 6.07) is 10.5. The second-order valence-corrected chi connectivity index (χ2v) is 7.51. The van der Waals surface area contributed by atoms with Crippen LogP contribution in [0.25, 0.3) is 6.08 Å². The molecule has 29 heavy (non-hydrogen) atoms. The highest BCUT2D eigenvalue weighted by Gasteiger charge is 2.11. The average Bonchev–Trinajstić information content (AvgIpc) is 2.69. The van der Waals surface area contributed by atoms with E-state index in [4.69, 9.17) is 21.1 Å². The van der Waals surface area contributed by atoms with Gasteiger partial charge in [-0.2, -0.15) is 0 Å². The lowest BCUT2D eigenvalue weighted by atomic mass is 10.2. The van der Waals surface area contributed by atoms with Gasteiger partial charge in [0, 0.05) is 30.8 Å². The zero-order valence-corrected chi connectivity index (χ0v) is 18.3. The van der Waals surface area contributed by atoms with Crippen molar-refractivity contribution in [1.29, 1.82) is 0 Å². The number of carbonyl (C=O) groups is 2. The van der Waals surface area contributed by atoms with E-state index in [0.29, 0.717) is 34.4 Å². The van der Waals surface area contributed by atoms with Crippen molar-refractivity contribution in [3.05, 3.63) is 53.1 Å². The normalized spacial score (nSPS) is 10.7. The molecule has 0 aliphatic carbocycles. The number of nitrogens with zero attached hydrogens (tertiary/aromatic N) is 1. The molecule has 0 atom stereocenters. The van der Waals surface area contributed by atoms with Crippen molar-refractivity contribution in [3.8, 4) is 11.5 Å². The Balaban J connectivity index is 2.02. The molecule has 0 aromatic heterocycles. The zero-order valence-electron chi connectivity index (χ0n) is 16.7. The van der Waals surface area contributed by atoms with Gasteiger partial charge >= 0.3 is 0 Å². The minimum Gasteiger partial charge on any atom is -0.493 e. The number of benzene rings is 2. The number of hydrogen-bond acceptors (Lipinski definition) is 5. The van der Waals surface area contributed by atoms with E-state index in [-0.39, 0.29) is 11.1 Å². The topological polar surface area (TPSA) is 67.9 Å². The molecule has 0 heterocycles. The highest BCUT2D eigenvalue weighted by molar-refractivity contribution is 8.13. The standard InChI is InChI=1S/C21H23ClN2O4S/c1-5-28-20-17(22)12-14(13-18(20)27-4)6-11-19(25)23-15-7-9-16(10-8-15)29-21(26)24(2)3/h6-13H,5H2,1-4H3,(H,23,25)/b11-6+. The highest BCUT2D eigenvalue weighted by Crippen LogP contribution is 2.36. The lowest BCUT2D eigenvalue weighted by Crippen LogP contribution is -2.16. The van der Waals surface area contributed by atoms with Crippen molar-refractivity contribution in [2.24, 2.45) is 0 Å². The molecule has 8 heteroatoms. The van der Waals surface area contributed by atoms with Crippen LogP contribution in [0.4, 0.5) is 10.5 Å². The van der Waals surface area contributed by atoms with Crippen LogP contribution in [0.15, 0.2) is 47.4 Å². The summed E-state index contributed by atoms with van der Waals surface area (Å²) in [7, 11) is 4.93. The van der Waals surface area contributed by atoms with Gasteiger partial charge in [0.25, 0.3) is 5.24 Å². The molecular formula is C21H23ClN2O4S. The molecule has 1 N–H and O–H groups in total. The predicted octanol–water partition coefficient (Wildman–Crippen LogP) is 5.17. The Hall–Kier alpha value is -2.64. The number of ether oxygens (including phenoxy) is 2. The van der Waals surface area contributed by atoms with Crippen LogP contribution in [0.1, 0.15) is 12.5 Å². The zero-order chi connectivity index (χ0) is 21.4. The first-order valence-corrected chi connectivity index (χ1v) is 10.0. The Morgan fingerprint density at radius 2 is 1.90 bits per heavy atom. The molecule has 0 aliphatic heterocycles. The second kappa shape index (κ2) is 10.8. The fourth-order valence-electron chi connectivity index (χ4n) is 2.27. The highest BCUT2D eigenvalue weighted by atomic mass is 35.5. The summed E-state index contributed by atoms with van der Waals surface area (Å²) in [5.41, 5.74) is 1.34. The van der Waals surface area contributed by atoms with Gasteiger partial charge < -0.3 is 19.7 Å². The molecule has 2 aromatic rings. The summed E-state index contributed by atoms with van der Waals surface area (Å²) in [6.07, 6.45) is 3.04. The maximum absolute atomic E-state index is 12.2. The van der Waals surface area contributed by atoms with Gasteiger partial charge in [0.1, 0.15) is 0 Å². The van der Waals surface area contributed by atoms with Crippen molar-refractivity contribution in [3.63, 3.8) is 0 Å². The van der Waals surface area contributed by atoms with Crippen LogP contribution in [-0.2, 0) is 4.79 Å². The van der Waals surface area contributed by atoms with Gasteiger partial charge in [-0.25, -0.2) is 0 Å². The molecule has 0 fully saturated rings. The quantitative estimate of drug-likeness (QED) is 0.480. The van der Waals surface area contributed by atoms with Crippen molar-refractivity contribution in [2.75, 3.05) is 33.1 Å². The fraction of sp³-hybridized carbons (Fsp3) is 0.238. The molecule has 0 saturated carbocycles. The van der Waals surface area contributed by atoms with Crippen molar-refractivity contribution < 1.29 is 19.1 Å². The van der Waals surface area contributed by atoms with Crippen LogP contribution >= 0.6 is 23.4 Å². The molecule has 0 bridgehead atoms. The number of nitrogens with one attached hydrogen (secondary N) is 1. The van der Waals surface area contributed by atoms with Crippen molar-refractivity contribution in [2.45, 2.75) is 11.8 Å². The monoisotopic (exact) mass is 434 g/mol. The lowest BCUT2D eigenvalue weighted by molar-refractivity contribution is -0.111. The Morgan fingerprint density at radius 3 is 2.48 bits per heavy atom. The second-order valence-electron chi connectivity index (χ2n) is 6.08. The number of rotatable bonds is 7. The van der Waals surface area contributed by atoms with Crippen LogP contribution in [0.2, 0.25) is 5.02 Å². The third-order valence-corrected chi connectivity index (χ3v) is 4.99. The minimum absolute atomic E-state index is 0.0610. The van der Waals surface area contributed by atoms with Gasteiger partial charge in [0.05, 0.1) is 18.7 Å². The van der Waals surface area contributed by atoms with E-state index < -0.39 is 0 Å². The molecule has 0 radical (unpaired) electrons. The van der Waals surface area contributed by atoms with E-state index in [1.807, 2.05) is 6.92 Å². The van der Waals surface area contributed by atoms with Gasteiger partial charge in [0.15, 0.2) is 11.5 Å². The van der Waals surface area contributed by atoms with Gasteiger partial charge in [-0.3, -0.25) is 9.59 Å². The summed E-state index contributed by atoms with van der Waals surface area (Å²) >= 11 is 7.36. The number of anilines is 1. The van der Waals surface area contributed by atoms with E-state index in [9.17, 15) is 9.59 Å². The smallest absolute Gasteiger partial charge is 0.285 e. The number of carbonyl (C=O) groups excluding carboxylic acids is 2. The SMILES string of the molecule is CCOc1c(Cl)cc(/C=C/C(=O)Nc2ccc(SC(=O)N(C)C)cc2)cc1OC. The number of thioether (sulfide) groups is 1. The van der Waals surface area contributed by atoms with E-state index in [2.05, 4.69) is 5.32 Å². The average molecular weight is 435 g/mol. The summed E-state index contributed by atoms with van der Waals surface area (Å²) in [5.74, 6) is 0.683. The molecule has 2 amide bonds. The Kier molecular flexibility index (Phi) is 8.42. The van der Waals surface area contributed by atoms with Crippen LogP contribution < -0.4 is 14.8 Å². The third-order valence-electron chi connectivity index (χ3n) is 3.66. The van der Waals surface area contributed by atoms with Gasteiger partial charge in [0.2, 0.25) is 5.91 Å². The van der Waals surface area contributed by atoms with E-state index in [1.165, 1.54) is 18.1 Å². The van der Waals surface area contributed by atoms with Crippen molar-refractivity contribution >= 4 is 46.3 Å². The Labute approximate surface area is 179 Å². The van der Waals surface area contributed by atoms with E-state index >= 15 is 0 Å². The molecular weight excluding hydrogens is 412 g/mol. The number of halogens is 1. The Morgan fingerprint density at radius 1 is 1.21 bits per heavy atom. The fourth-order valence-corrected chi connectivity index (χ4v) is 3.20. The molecule has 0 spiro atoms. The molecule has 6 nitrogen and oxygen atoms in total. The molecule has 0 aliphatic rings. The third kappa shape index (κ3) is 6.73. The molecule has 0 saturated heterocycles. The first kappa shape index (κ1) is 22.6. The minimum atomic E-state index is -0.293. The first-order valence-electron chi connectivity index (χ1n) is 8.82. The maximum Gasteiger partial charge on any atom is 0.285 e. The Bertz CT molecular complexity index is 898. The van der Waals surface area contributed by atoms with E-state index in [0.717, 1.165) is 16.7 Å². The largest absolute Gasteiger partial charge is 0.493 e. The summed E-state index contributed by atoms with van der Waals surface area (Å²) < 4.78 is 10.8. The summed E-state index contributed by atoms with van der Waals surface area (Å²) in [6.45, 7) is 2.33. The summed E-state index contributed by atoms with van der Waals surface area (Å²) in [5, 5.41) is 3.12. The van der Waals surface area contributed by atoms with Gasteiger partial charge in [-0.05, 0) is 66.7 Å². The summed E-state index contributed by atoms with van der Waals surface area (Å²) in [4.78, 5) is 26.2. The van der Waals surface area contributed by atoms with Crippen molar-refractivity contribution in [1.82, 2.24) is 4.90 Å².